The molecule has 7 heteroatoms. The van der Waals surface area contributed by atoms with Crippen molar-refractivity contribution in [2.24, 2.45) is 7.05 Å². The quantitative estimate of drug-likeness (QED) is 0.768. The average Bonchev–Trinajstić information content (AvgIpc) is 3.15. The van der Waals surface area contributed by atoms with Crippen molar-refractivity contribution in [2.75, 3.05) is 13.1 Å². The molecular weight excluding hydrogens is 348 g/mol. The lowest BCUT2D eigenvalue weighted by atomic mass is 9.94. The summed E-state index contributed by atoms with van der Waals surface area (Å²) in [7, 11) is -1.39. The number of hydrogen-bond acceptors (Lipinski definition) is 3. The standard InChI is InChI=1S/C19H24N4O2S/c1-13-19(14(2)21-20-13)26(24,25)23-10-8-15(9-11-23)18-12-16-6-4-5-7-17(16)22(18)3/h4-7,12,15H,8-11H2,1-3H3,(H,20,21). The van der Waals surface area contributed by atoms with Crippen LogP contribution >= 0.6 is 0 Å². The molecule has 0 saturated carbocycles. The largest absolute Gasteiger partial charge is 0.347 e. The lowest BCUT2D eigenvalue weighted by Gasteiger charge is -2.31. The Morgan fingerprint density at radius 2 is 1.85 bits per heavy atom. The Kier molecular flexibility index (Phi) is 4.16. The number of aryl methyl sites for hydroxylation is 3. The van der Waals surface area contributed by atoms with Crippen LogP contribution in [0.4, 0.5) is 0 Å². The number of fused-ring (bicyclic) bond motifs is 1. The minimum Gasteiger partial charge on any atom is -0.347 e. The highest BCUT2D eigenvalue weighted by Gasteiger charge is 2.33. The molecule has 1 fully saturated rings. The van der Waals surface area contributed by atoms with E-state index >= 15 is 0 Å². The molecule has 138 valence electrons. The first-order valence-corrected chi connectivity index (χ1v) is 10.4. The highest BCUT2D eigenvalue weighted by molar-refractivity contribution is 7.89. The first kappa shape index (κ1) is 17.3. The lowest BCUT2D eigenvalue weighted by molar-refractivity contribution is 0.314. The van der Waals surface area contributed by atoms with E-state index in [-0.39, 0.29) is 0 Å². The van der Waals surface area contributed by atoms with Gasteiger partial charge in [-0.25, -0.2) is 8.42 Å². The highest BCUT2D eigenvalue weighted by atomic mass is 32.2. The van der Waals surface area contributed by atoms with E-state index in [1.54, 1.807) is 18.2 Å². The molecular formula is C19H24N4O2S. The average molecular weight is 372 g/mol. The van der Waals surface area contributed by atoms with E-state index < -0.39 is 10.0 Å². The zero-order chi connectivity index (χ0) is 18.5. The molecule has 0 radical (unpaired) electrons. The number of piperidine rings is 1. The van der Waals surface area contributed by atoms with Crippen molar-refractivity contribution >= 4 is 20.9 Å². The Labute approximate surface area is 153 Å². The number of sulfonamides is 1. The number of hydrogen-bond donors (Lipinski definition) is 1. The number of rotatable bonds is 3. The van der Waals surface area contributed by atoms with Gasteiger partial charge in [0.15, 0.2) is 0 Å². The van der Waals surface area contributed by atoms with Gasteiger partial charge in [-0.2, -0.15) is 9.40 Å². The molecule has 1 aromatic carbocycles. The summed E-state index contributed by atoms with van der Waals surface area (Å²) in [6.45, 7) is 4.57. The molecule has 0 bridgehead atoms. The van der Waals surface area contributed by atoms with Gasteiger partial charge in [-0.15, -0.1) is 0 Å². The van der Waals surface area contributed by atoms with Gasteiger partial charge in [-0.3, -0.25) is 5.10 Å². The van der Waals surface area contributed by atoms with Crippen LogP contribution in [-0.2, 0) is 17.1 Å². The SMILES string of the molecule is Cc1n[nH]c(C)c1S(=O)(=O)N1CCC(c2cc3ccccc3n2C)CC1. The molecule has 1 N–H and O–H groups in total. The van der Waals surface area contributed by atoms with Gasteiger partial charge < -0.3 is 4.57 Å². The molecule has 4 rings (SSSR count). The van der Waals surface area contributed by atoms with E-state index in [1.807, 2.05) is 0 Å². The van der Waals surface area contributed by atoms with Crippen molar-refractivity contribution in [2.45, 2.75) is 37.5 Å². The van der Waals surface area contributed by atoms with Crippen molar-refractivity contribution in [1.82, 2.24) is 19.1 Å². The topological polar surface area (TPSA) is 71.0 Å². The maximum atomic E-state index is 13.0. The van der Waals surface area contributed by atoms with Crippen LogP contribution in [0.1, 0.15) is 35.8 Å². The zero-order valence-electron chi connectivity index (χ0n) is 15.4. The van der Waals surface area contributed by atoms with Crippen molar-refractivity contribution in [3.05, 3.63) is 47.4 Å². The normalized spacial score (nSPS) is 17.2. The van der Waals surface area contributed by atoms with E-state index in [4.69, 9.17) is 0 Å². The molecule has 1 saturated heterocycles. The van der Waals surface area contributed by atoms with E-state index in [9.17, 15) is 8.42 Å². The molecule has 6 nitrogen and oxygen atoms in total. The van der Waals surface area contributed by atoms with E-state index in [0.717, 1.165) is 12.8 Å². The van der Waals surface area contributed by atoms with Gasteiger partial charge in [0.1, 0.15) is 4.90 Å². The molecule has 0 unspecified atom stereocenters. The van der Waals surface area contributed by atoms with Crippen LogP contribution in [0.5, 0.6) is 0 Å². The summed E-state index contributed by atoms with van der Waals surface area (Å²) in [5.41, 5.74) is 3.66. The summed E-state index contributed by atoms with van der Waals surface area (Å²) < 4.78 is 29.9. The Bertz CT molecular complexity index is 1040. The fourth-order valence-electron chi connectivity index (χ4n) is 4.14. The van der Waals surface area contributed by atoms with E-state index in [1.165, 1.54) is 16.6 Å². The molecule has 0 aliphatic carbocycles. The number of aromatic nitrogens is 3. The molecule has 3 aromatic rings. The monoisotopic (exact) mass is 372 g/mol. The number of benzene rings is 1. The summed E-state index contributed by atoms with van der Waals surface area (Å²) in [4.78, 5) is 0.334. The maximum absolute atomic E-state index is 13.0. The molecule has 0 spiro atoms. The molecule has 0 atom stereocenters. The molecule has 26 heavy (non-hydrogen) atoms. The number of aromatic amines is 1. The second kappa shape index (κ2) is 6.25. The summed E-state index contributed by atoms with van der Waals surface area (Å²) >= 11 is 0. The molecule has 2 aromatic heterocycles. The number of nitrogens with zero attached hydrogens (tertiary/aromatic N) is 3. The minimum absolute atomic E-state index is 0.334. The summed E-state index contributed by atoms with van der Waals surface area (Å²) in [6.07, 6.45) is 1.67. The Morgan fingerprint density at radius 1 is 1.15 bits per heavy atom. The number of nitrogens with one attached hydrogen (secondary N) is 1. The summed E-state index contributed by atoms with van der Waals surface area (Å²) in [6, 6.07) is 10.6. The Morgan fingerprint density at radius 3 is 2.46 bits per heavy atom. The van der Waals surface area contributed by atoms with Crippen LogP contribution in [-0.4, -0.2) is 40.6 Å². The van der Waals surface area contributed by atoms with Gasteiger partial charge in [0.2, 0.25) is 10.0 Å². The van der Waals surface area contributed by atoms with Gasteiger partial charge in [-0.05, 0) is 44.2 Å². The van der Waals surface area contributed by atoms with Crippen molar-refractivity contribution < 1.29 is 8.42 Å². The van der Waals surface area contributed by atoms with E-state index in [0.29, 0.717) is 35.3 Å². The van der Waals surface area contributed by atoms with Crippen LogP contribution in [0.3, 0.4) is 0 Å². The van der Waals surface area contributed by atoms with Crippen molar-refractivity contribution in [3.8, 4) is 0 Å². The van der Waals surface area contributed by atoms with Gasteiger partial charge in [0.05, 0.1) is 11.4 Å². The van der Waals surface area contributed by atoms with Crippen molar-refractivity contribution in [3.63, 3.8) is 0 Å². The summed E-state index contributed by atoms with van der Waals surface area (Å²) in [5, 5.41) is 8.06. The van der Waals surface area contributed by atoms with Gasteiger partial charge in [-0.1, -0.05) is 18.2 Å². The van der Waals surface area contributed by atoms with Gasteiger partial charge in [0.25, 0.3) is 0 Å². The smallest absolute Gasteiger partial charge is 0.246 e. The number of para-hydroxylation sites is 1. The maximum Gasteiger partial charge on any atom is 0.246 e. The van der Waals surface area contributed by atoms with Crippen LogP contribution < -0.4 is 0 Å². The van der Waals surface area contributed by atoms with Crippen LogP contribution in [0.25, 0.3) is 10.9 Å². The molecule has 1 aliphatic heterocycles. The first-order chi connectivity index (χ1) is 12.4. The third kappa shape index (κ3) is 2.66. The molecule has 1 aliphatic rings. The fourth-order valence-corrected chi connectivity index (χ4v) is 5.94. The molecule has 3 heterocycles. The Hall–Kier alpha value is -2.12. The zero-order valence-corrected chi connectivity index (χ0v) is 16.2. The predicted molar refractivity (Wildman–Crippen MR) is 102 cm³/mol. The second-order valence-corrected chi connectivity index (χ2v) is 9.00. The van der Waals surface area contributed by atoms with Gasteiger partial charge >= 0.3 is 0 Å². The molecule has 0 amide bonds. The van der Waals surface area contributed by atoms with E-state index in [2.05, 4.69) is 52.1 Å². The fraction of sp³-hybridized carbons (Fsp3) is 0.421. The van der Waals surface area contributed by atoms with Crippen molar-refractivity contribution in [1.29, 1.82) is 0 Å². The van der Waals surface area contributed by atoms with Crippen LogP contribution in [0.15, 0.2) is 35.2 Å². The third-order valence-corrected chi connectivity index (χ3v) is 7.68. The number of H-pyrrole nitrogens is 1. The first-order valence-electron chi connectivity index (χ1n) is 8.95. The van der Waals surface area contributed by atoms with Crippen LogP contribution in [0, 0.1) is 13.8 Å². The second-order valence-electron chi connectivity index (χ2n) is 7.13. The third-order valence-electron chi connectivity index (χ3n) is 5.52. The predicted octanol–water partition coefficient (Wildman–Crippen LogP) is 3.09. The minimum atomic E-state index is -3.49. The van der Waals surface area contributed by atoms with Crippen LogP contribution in [0.2, 0.25) is 0 Å². The Balaban J connectivity index is 1.56. The summed E-state index contributed by atoms with van der Waals surface area (Å²) in [5.74, 6) is 0.380. The van der Waals surface area contributed by atoms with Gasteiger partial charge in [0, 0.05) is 37.3 Å². The lowest BCUT2D eigenvalue weighted by Crippen LogP contribution is -2.38. The highest BCUT2D eigenvalue weighted by Crippen LogP contribution is 2.34.